The van der Waals surface area contributed by atoms with Crippen LogP contribution < -0.4 is 16.6 Å². The van der Waals surface area contributed by atoms with Gasteiger partial charge in [-0.3, -0.25) is 5.43 Å². The maximum atomic E-state index is 9.60. The molecule has 0 rings (SSSR count). The van der Waals surface area contributed by atoms with Gasteiger partial charge in [0.25, 0.3) is 0 Å². The van der Waals surface area contributed by atoms with E-state index < -0.39 is 0 Å². The smallest absolute Gasteiger partial charge is 0.178 e. The summed E-state index contributed by atoms with van der Waals surface area (Å²) in [6.45, 7) is 0.206. The molecule has 0 aliphatic carbocycles. The molecule has 0 aromatic heterocycles. The number of hydrogen-bond donors (Lipinski definition) is 3. The van der Waals surface area contributed by atoms with Crippen LogP contribution in [0.3, 0.4) is 0 Å². The molecule has 0 heterocycles. The number of nitrogens with two attached hydrogens (primary N) is 1. The van der Waals surface area contributed by atoms with Crippen molar-refractivity contribution in [2.75, 3.05) is 6.54 Å². The number of hydrogen-bond acceptors (Lipinski definition) is 3. The summed E-state index contributed by atoms with van der Waals surface area (Å²) in [4.78, 5) is 9.60. The molecular weight excluding hydrogens is 126 g/mol. The second-order valence-corrected chi connectivity index (χ2v) is 1.48. The third-order valence-corrected chi connectivity index (χ3v) is 0.499. The van der Waals surface area contributed by atoms with Crippen LogP contribution in [0.5, 0.6) is 0 Å². The van der Waals surface area contributed by atoms with E-state index in [4.69, 9.17) is 5.73 Å². The minimum absolute atomic E-state index is 0.131. The fourth-order valence-electron chi connectivity index (χ4n) is 0.180. The standard InChI is InChI=1S/C3H7N3OS/c4-3(8)6-5-1-2-7/h2,5H,1H2,(H3,4,6,8). The Morgan fingerprint density at radius 3 is 2.88 bits per heavy atom. The maximum Gasteiger partial charge on any atom is 0.178 e. The first kappa shape index (κ1) is 7.32. The van der Waals surface area contributed by atoms with Gasteiger partial charge in [-0.15, -0.1) is 0 Å². The molecule has 8 heavy (non-hydrogen) atoms. The van der Waals surface area contributed by atoms with E-state index >= 15 is 0 Å². The third-order valence-electron chi connectivity index (χ3n) is 0.397. The molecule has 0 saturated heterocycles. The van der Waals surface area contributed by atoms with Gasteiger partial charge in [0.05, 0.1) is 6.54 Å². The second-order valence-electron chi connectivity index (χ2n) is 1.04. The van der Waals surface area contributed by atoms with Gasteiger partial charge in [-0.25, -0.2) is 5.43 Å². The molecule has 0 amide bonds. The summed E-state index contributed by atoms with van der Waals surface area (Å²) < 4.78 is 0. The van der Waals surface area contributed by atoms with E-state index in [0.717, 1.165) is 0 Å². The number of thiocarbonyl (C=S) groups is 1. The number of carbonyl (C=O) groups excluding carboxylic acids is 1. The van der Waals surface area contributed by atoms with Crippen LogP contribution in [0.15, 0.2) is 0 Å². The van der Waals surface area contributed by atoms with Crippen molar-refractivity contribution in [1.82, 2.24) is 10.9 Å². The van der Waals surface area contributed by atoms with Crippen molar-refractivity contribution in [3.05, 3.63) is 0 Å². The topological polar surface area (TPSA) is 67.2 Å². The first-order chi connectivity index (χ1) is 3.77. The lowest BCUT2D eigenvalue weighted by molar-refractivity contribution is -0.107. The van der Waals surface area contributed by atoms with Crippen LogP contribution in [0.2, 0.25) is 0 Å². The number of nitrogens with one attached hydrogen (secondary N) is 2. The highest BCUT2D eigenvalue weighted by Gasteiger charge is 1.80. The van der Waals surface area contributed by atoms with Gasteiger partial charge < -0.3 is 10.5 Å². The fraction of sp³-hybridized carbons (Fsp3) is 0.333. The van der Waals surface area contributed by atoms with Crippen molar-refractivity contribution >= 4 is 23.6 Å². The highest BCUT2D eigenvalue weighted by atomic mass is 32.1. The zero-order valence-electron chi connectivity index (χ0n) is 4.18. The van der Waals surface area contributed by atoms with Crippen molar-refractivity contribution in [3.8, 4) is 0 Å². The van der Waals surface area contributed by atoms with Gasteiger partial charge in [0, 0.05) is 0 Å². The van der Waals surface area contributed by atoms with Gasteiger partial charge >= 0.3 is 0 Å². The van der Waals surface area contributed by atoms with E-state index in [0.29, 0.717) is 6.29 Å². The lowest BCUT2D eigenvalue weighted by atomic mass is 10.8. The van der Waals surface area contributed by atoms with E-state index in [1.165, 1.54) is 0 Å². The Labute approximate surface area is 52.4 Å². The third kappa shape index (κ3) is 5.32. The van der Waals surface area contributed by atoms with Crippen molar-refractivity contribution in [1.29, 1.82) is 0 Å². The first-order valence-electron chi connectivity index (χ1n) is 1.99. The zero-order chi connectivity index (χ0) is 6.41. The Balaban J connectivity index is 2.93. The summed E-state index contributed by atoms with van der Waals surface area (Å²) >= 11 is 4.40. The minimum atomic E-state index is 0.131. The molecule has 5 heteroatoms. The lowest BCUT2D eigenvalue weighted by Gasteiger charge is -1.99. The van der Waals surface area contributed by atoms with Crippen molar-refractivity contribution in [2.24, 2.45) is 5.73 Å². The normalized spacial score (nSPS) is 8.00. The van der Waals surface area contributed by atoms with Crippen LogP contribution in [0.4, 0.5) is 0 Å². The molecule has 0 saturated carbocycles. The largest absolute Gasteiger partial charge is 0.375 e. The monoisotopic (exact) mass is 133 g/mol. The predicted octanol–water partition coefficient (Wildman–Crippen LogP) is -1.48. The van der Waals surface area contributed by atoms with E-state index in [1.54, 1.807) is 0 Å². The van der Waals surface area contributed by atoms with E-state index in [-0.39, 0.29) is 11.7 Å². The van der Waals surface area contributed by atoms with Crippen LogP contribution >= 0.6 is 12.2 Å². The van der Waals surface area contributed by atoms with Crippen molar-refractivity contribution in [3.63, 3.8) is 0 Å². The Kier molecular flexibility index (Phi) is 4.10. The molecular formula is C3H7N3OS. The summed E-state index contributed by atoms with van der Waals surface area (Å²) in [6.07, 6.45) is 0.700. The molecule has 0 unspecified atom stereocenters. The van der Waals surface area contributed by atoms with Gasteiger partial charge in [0.15, 0.2) is 5.11 Å². The fourth-order valence-corrected chi connectivity index (χ4v) is 0.252. The summed E-state index contributed by atoms with van der Waals surface area (Å²) in [5.41, 5.74) is 9.80. The molecule has 0 radical (unpaired) electrons. The highest BCUT2D eigenvalue weighted by Crippen LogP contribution is 1.48. The first-order valence-corrected chi connectivity index (χ1v) is 2.40. The summed E-state index contributed by atoms with van der Waals surface area (Å²) in [5, 5.41) is 0.131. The van der Waals surface area contributed by atoms with Crippen LogP contribution in [-0.4, -0.2) is 17.9 Å². The van der Waals surface area contributed by atoms with Gasteiger partial charge in [0.2, 0.25) is 0 Å². The average Bonchev–Trinajstić information content (AvgIpc) is 1.66. The molecule has 0 spiro atoms. The molecule has 0 aliphatic heterocycles. The number of carbonyl (C=O) groups is 1. The Bertz CT molecular complexity index is 94.5. The average molecular weight is 133 g/mol. The molecule has 46 valence electrons. The summed E-state index contributed by atoms with van der Waals surface area (Å²) in [7, 11) is 0. The maximum absolute atomic E-state index is 9.60. The second kappa shape index (κ2) is 4.48. The Morgan fingerprint density at radius 1 is 1.88 bits per heavy atom. The number of aldehydes is 1. The van der Waals surface area contributed by atoms with Crippen LogP contribution in [0.1, 0.15) is 0 Å². The molecule has 0 atom stereocenters. The van der Waals surface area contributed by atoms with E-state index in [2.05, 4.69) is 23.1 Å². The van der Waals surface area contributed by atoms with Crippen LogP contribution in [0, 0.1) is 0 Å². The Morgan fingerprint density at radius 2 is 2.50 bits per heavy atom. The predicted molar refractivity (Wildman–Crippen MR) is 34.0 cm³/mol. The van der Waals surface area contributed by atoms with Crippen LogP contribution in [-0.2, 0) is 4.79 Å². The van der Waals surface area contributed by atoms with Gasteiger partial charge in [-0.2, -0.15) is 0 Å². The molecule has 0 bridgehead atoms. The molecule has 0 aliphatic rings. The van der Waals surface area contributed by atoms with Crippen molar-refractivity contribution < 1.29 is 4.79 Å². The van der Waals surface area contributed by atoms with Gasteiger partial charge in [-0.05, 0) is 12.2 Å². The quantitative estimate of drug-likeness (QED) is 0.190. The zero-order valence-corrected chi connectivity index (χ0v) is 4.99. The number of rotatable bonds is 3. The van der Waals surface area contributed by atoms with Gasteiger partial charge in [-0.1, -0.05) is 0 Å². The molecule has 0 fully saturated rings. The Hall–Kier alpha value is -0.680. The molecule has 0 aromatic carbocycles. The van der Waals surface area contributed by atoms with Crippen molar-refractivity contribution in [2.45, 2.75) is 0 Å². The van der Waals surface area contributed by atoms with Gasteiger partial charge in [0.1, 0.15) is 6.29 Å². The van der Waals surface area contributed by atoms with E-state index in [9.17, 15) is 4.79 Å². The molecule has 0 aromatic rings. The SMILES string of the molecule is NC(=S)NNCC=O. The lowest BCUT2D eigenvalue weighted by Crippen LogP contribution is -2.41. The minimum Gasteiger partial charge on any atom is -0.375 e. The summed E-state index contributed by atoms with van der Waals surface area (Å²) in [6, 6.07) is 0. The van der Waals surface area contributed by atoms with Crippen LogP contribution in [0.25, 0.3) is 0 Å². The highest BCUT2D eigenvalue weighted by molar-refractivity contribution is 7.80. The number of hydrazine groups is 1. The molecule has 4 N–H and O–H groups in total. The summed E-state index contributed by atoms with van der Waals surface area (Å²) in [5.74, 6) is 0. The van der Waals surface area contributed by atoms with E-state index in [1.807, 2.05) is 0 Å². The molecule has 4 nitrogen and oxygen atoms in total.